The number of halogens is 3. The Balaban J connectivity index is 1.18. The highest BCUT2D eigenvalue weighted by atomic mass is 32.1. The normalized spacial score (nSPS) is 16.1. The average molecular weight is 597 g/mol. The standard InChI is InChI=1S/C29H27F3N6O3S/c1-35-8-9-36(16-26(35)39)14-18-10-19(29(30,31)32)12-20(11-18)34-27(40)22-17-42-24-15-37(7-5-21(22)24)28(41)23-13-33-25-4-2-3-6-38(23)25/h2-4,6,10-13,17H,5,7-9,14-16H2,1H3,(H,34,40). The van der Waals surface area contributed by atoms with Crippen molar-refractivity contribution in [2.75, 3.05) is 38.5 Å². The molecule has 5 heterocycles. The molecule has 0 unspecified atom stereocenters. The van der Waals surface area contributed by atoms with E-state index in [-0.39, 0.29) is 30.6 Å². The van der Waals surface area contributed by atoms with E-state index < -0.39 is 17.6 Å². The van der Waals surface area contributed by atoms with Crippen LogP contribution in [0.25, 0.3) is 5.65 Å². The fraction of sp³-hybridized carbons (Fsp3) is 0.310. The zero-order valence-corrected chi connectivity index (χ0v) is 23.5. The topological polar surface area (TPSA) is 90.3 Å². The Hall–Kier alpha value is -4.23. The highest BCUT2D eigenvalue weighted by Gasteiger charge is 2.33. The van der Waals surface area contributed by atoms with Gasteiger partial charge in [-0.05, 0) is 47.9 Å². The van der Waals surface area contributed by atoms with E-state index in [1.54, 1.807) is 43.9 Å². The number of imidazole rings is 1. The molecule has 3 amide bonds. The number of rotatable bonds is 5. The van der Waals surface area contributed by atoms with Crippen LogP contribution < -0.4 is 5.32 Å². The van der Waals surface area contributed by atoms with E-state index in [1.807, 2.05) is 18.2 Å². The van der Waals surface area contributed by atoms with Crippen LogP contribution in [0.5, 0.6) is 0 Å². The summed E-state index contributed by atoms with van der Waals surface area (Å²) < 4.78 is 43.0. The number of piperazine rings is 1. The zero-order valence-electron chi connectivity index (χ0n) is 22.6. The maximum Gasteiger partial charge on any atom is 0.416 e. The second-order valence-corrected chi connectivity index (χ2v) is 11.5. The highest BCUT2D eigenvalue weighted by Crippen LogP contribution is 2.34. The number of alkyl halides is 3. The summed E-state index contributed by atoms with van der Waals surface area (Å²) in [6, 6.07) is 8.98. The Kier molecular flexibility index (Phi) is 7.23. The van der Waals surface area contributed by atoms with Crippen LogP contribution in [0.3, 0.4) is 0 Å². The van der Waals surface area contributed by atoms with Crippen molar-refractivity contribution < 1.29 is 27.6 Å². The Morgan fingerprint density at radius 2 is 1.93 bits per heavy atom. The number of likely N-dealkylation sites (N-methyl/N-ethyl adjacent to an activating group) is 1. The first-order valence-electron chi connectivity index (χ1n) is 13.4. The van der Waals surface area contributed by atoms with Crippen molar-refractivity contribution >= 4 is 40.4 Å². The van der Waals surface area contributed by atoms with Crippen LogP contribution in [0.1, 0.15) is 42.4 Å². The second-order valence-electron chi connectivity index (χ2n) is 10.5. The summed E-state index contributed by atoms with van der Waals surface area (Å²) in [5.41, 5.74) is 1.82. The predicted molar refractivity (Wildman–Crippen MR) is 150 cm³/mol. The molecule has 4 aromatic rings. The number of carbonyl (C=O) groups is 3. The summed E-state index contributed by atoms with van der Waals surface area (Å²) in [7, 11) is 1.69. The van der Waals surface area contributed by atoms with Gasteiger partial charge in [0.15, 0.2) is 0 Å². The Morgan fingerprint density at radius 1 is 1.10 bits per heavy atom. The summed E-state index contributed by atoms with van der Waals surface area (Å²) in [5.74, 6) is -0.769. The van der Waals surface area contributed by atoms with E-state index in [2.05, 4.69) is 10.3 Å². The monoisotopic (exact) mass is 596 g/mol. The number of pyridine rings is 1. The predicted octanol–water partition coefficient (Wildman–Crippen LogP) is 4.14. The molecule has 0 saturated carbocycles. The fourth-order valence-corrected chi connectivity index (χ4v) is 6.46. The lowest BCUT2D eigenvalue weighted by Gasteiger charge is -2.32. The first kappa shape index (κ1) is 27.9. The largest absolute Gasteiger partial charge is 0.416 e. The molecule has 0 aliphatic carbocycles. The maximum atomic E-state index is 13.7. The van der Waals surface area contributed by atoms with Gasteiger partial charge in [-0.1, -0.05) is 6.07 Å². The molecule has 13 heteroatoms. The van der Waals surface area contributed by atoms with Crippen LogP contribution in [0.15, 0.2) is 54.2 Å². The second kappa shape index (κ2) is 10.9. The number of benzene rings is 1. The minimum absolute atomic E-state index is 0.0328. The van der Waals surface area contributed by atoms with Gasteiger partial charge in [0.05, 0.1) is 30.4 Å². The molecular weight excluding hydrogens is 569 g/mol. The van der Waals surface area contributed by atoms with Crippen molar-refractivity contribution in [3.63, 3.8) is 0 Å². The van der Waals surface area contributed by atoms with Crippen LogP contribution in [-0.2, 0) is 30.5 Å². The molecule has 0 radical (unpaired) electrons. The summed E-state index contributed by atoms with van der Waals surface area (Å²) in [6.45, 7) is 2.01. The summed E-state index contributed by atoms with van der Waals surface area (Å²) in [5, 5.41) is 4.35. The zero-order chi connectivity index (χ0) is 29.6. The van der Waals surface area contributed by atoms with Gasteiger partial charge in [0.25, 0.3) is 11.8 Å². The molecule has 1 fully saturated rings. The van der Waals surface area contributed by atoms with Gasteiger partial charge in [-0.25, -0.2) is 4.98 Å². The van der Waals surface area contributed by atoms with Crippen molar-refractivity contribution in [1.82, 2.24) is 24.1 Å². The van der Waals surface area contributed by atoms with E-state index in [1.165, 1.54) is 17.4 Å². The molecule has 1 saturated heterocycles. The van der Waals surface area contributed by atoms with E-state index in [0.29, 0.717) is 55.1 Å². The van der Waals surface area contributed by atoms with Gasteiger partial charge in [-0.3, -0.25) is 23.7 Å². The minimum atomic E-state index is -4.61. The average Bonchev–Trinajstić information content (AvgIpc) is 3.58. The number of hydrogen-bond acceptors (Lipinski definition) is 6. The molecule has 6 rings (SSSR count). The number of nitrogens with one attached hydrogen (secondary N) is 1. The number of thiophene rings is 1. The van der Waals surface area contributed by atoms with Gasteiger partial charge in [-0.15, -0.1) is 11.3 Å². The number of anilines is 1. The van der Waals surface area contributed by atoms with Crippen LogP contribution in [0.4, 0.5) is 18.9 Å². The molecule has 218 valence electrons. The molecule has 0 bridgehead atoms. The summed E-state index contributed by atoms with van der Waals surface area (Å²) in [4.78, 5) is 48.9. The third-order valence-electron chi connectivity index (χ3n) is 7.64. The van der Waals surface area contributed by atoms with Crippen molar-refractivity contribution in [2.24, 2.45) is 0 Å². The van der Waals surface area contributed by atoms with Crippen molar-refractivity contribution in [3.05, 3.63) is 87.0 Å². The lowest BCUT2D eigenvalue weighted by atomic mass is 10.0. The quantitative estimate of drug-likeness (QED) is 0.374. The van der Waals surface area contributed by atoms with Crippen LogP contribution in [-0.4, -0.2) is 75.0 Å². The first-order chi connectivity index (χ1) is 20.1. The van der Waals surface area contributed by atoms with Crippen LogP contribution >= 0.6 is 11.3 Å². The number of fused-ring (bicyclic) bond motifs is 2. The van der Waals surface area contributed by atoms with Gasteiger partial charge >= 0.3 is 6.18 Å². The number of carbonyl (C=O) groups excluding carboxylic acids is 3. The Bertz CT molecular complexity index is 1700. The van der Waals surface area contributed by atoms with Gasteiger partial charge in [0.1, 0.15) is 11.3 Å². The molecule has 2 aliphatic heterocycles. The van der Waals surface area contributed by atoms with E-state index in [0.717, 1.165) is 22.6 Å². The molecule has 9 nitrogen and oxygen atoms in total. The molecule has 2 aliphatic rings. The molecule has 3 aromatic heterocycles. The molecule has 1 aromatic carbocycles. The van der Waals surface area contributed by atoms with Crippen LogP contribution in [0, 0.1) is 0 Å². The van der Waals surface area contributed by atoms with Crippen molar-refractivity contribution in [3.8, 4) is 0 Å². The van der Waals surface area contributed by atoms with Crippen molar-refractivity contribution in [1.29, 1.82) is 0 Å². The van der Waals surface area contributed by atoms with Crippen LogP contribution in [0.2, 0.25) is 0 Å². The fourth-order valence-electron chi connectivity index (χ4n) is 5.36. The molecule has 0 atom stereocenters. The Labute approximate surface area is 243 Å². The third kappa shape index (κ3) is 5.49. The first-order valence-corrected chi connectivity index (χ1v) is 14.2. The van der Waals surface area contributed by atoms with Crippen molar-refractivity contribution in [2.45, 2.75) is 25.7 Å². The SMILES string of the molecule is CN1CCN(Cc2cc(NC(=O)c3csc4c3CCN(C(=O)c3cnc5ccccn35)C4)cc(C(F)(F)F)c2)CC1=O. The van der Waals surface area contributed by atoms with Gasteiger partial charge in [0.2, 0.25) is 5.91 Å². The van der Waals surface area contributed by atoms with Gasteiger partial charge < -0.3 is 15.1 Å². The summed E-state index contributed by atoms with van der Waals surface area (Å²) in [6.07, 6.45) is -0.838. The lowest BCUT2D eigenvalue weighted by molar-refractivity contribution is -0.138. The van der Waals surface area contributed by atoms with Gasteiger partial charge in [0, 0.05) is 55.4 Å². The van der Waals surface area contributed by atoms with Gasteiger partial charge in [-0.2, -0.15) is 13.2 Å². The highest BCUT2D eigenvalue weighted by molar-refractivity contribution is 7.10. The number of aromatic nitrogens is 2. The van der Waals surface area contributed by atoms with E-state index in [4.69, 9.17) is 0 Å². The van der Waals surface area contributed by atoms with E-state index >= 15 is 0 Å². The molecule has 42 heavy (non-hydrogen) atoms. The third-order valence-corrected chi connectivity index (χ3v) is 8.65. The van der Waals surface area contributed by atoms with E-state index in [9.17, 15) is 27.6 Å². The molecule has 0 spiro atoms. The number of hydrogen-bond donors (Lipinski definition) is 1. The number of amides is 3. The molecule has 1 N–H and O–H groups in total. The number of nitrogens with zero attached hydrogens (tertiary/aromatic N) is 5. The minimum Gasteiger partial charge on any atom is -0.343 e. The maximum absolute atomic E-state index is 13.7. The smallest absolute Gasteiger partial charge is 0.343 e. The Morgan fingerprint density at radius 3 is 2.71 bits per heavy atom. The molecular formula is C29H27F3N6O3S. The lowest BCUT2D eigenvalue weighted by Crippen LogP contribution is -2.47. The summed E-state index contributed by atoms with van der Waals surface area (Å²) >= 11 is 1.35.